The van der Waals surface area contributed by atoms with Gasteiger partial charge in [0, 0.05) is 12.7 Å². The third-order valence-corrected chi connectivity index (χ3v) is 6.29. The predicted molar refractivity (Wildman–Crippen MR) is 126 cm³/mol. The van der Waals surface area contributed by atoms with Crippen molar-refractivity contribution in [2.75, 3.05) is 24.8 Å². The monoisotopic (exact) mass is 468 g/mol. The topological polar surface area (TPSA) is 109 Å². The molecule has 1 aliphatic rings. The van der Waals surface area contributed by atoms with Crippen LogP contribution in [0.4, 0.5) is 11.4 Å². The minimum atomic E-state index is -0.512. The average molecular weight is 469 g/mol. The highest BCUT2D eigenvalue weighted by molar-refractivity contribution is 7.99. The van der Waals surface area contributed by atoms with E-state index in [1.165, 1.54) is 37.1 Å². The largest absolute Gasteiger partial charge is 0.494 e. The van der Waals surface area contributed by atoms with Crippen molar-refractivity contribution in [1.29, 1.82) is 0 Å². The molecule has 172 valence electrons. The van der Waals surface area contributed by atoms with Crippen LogP contribution >= 0.6 is 11.8 Å². The molecule has 33 heavy (non-hydrogen) atoms. The number of nitro groups is 1. The first-order valence-electron chi connectivity index (χ1n) is 10.5. The number of nitro benzene ring substituents is 1. The number of hydrogen-bond acceptors (Lipinski definition) is 7. The molecule has 1 fully saturated rings. The van der Waals surface area contributed by atoms with Gasteiger partial charge in [0.15, 0.2) is 5.16 Å². The number of rotatable bonds is 9. The zero-order chi connectivity index (χ0) is 23.2. The van der Waals surface area contributed by atoms with Crippen molar-refractivity contribution in [2.45, 2.75) is 30.6 Å². The SMILES string of the molecule is COc1cc([N+](=O)[O-])ccc1NC(=O)CSc1ncc(-c2ccccc2)n1CC1CCCO1. The van der Waals surface area contributed by atoms with Crippen LogP contribution in [-0.4, -0.2) is 46.0 Å². The fraction of sp³-hybridized carbons (Fsp3) is 0.304. The molecule has 10 heteroatoms. The summed E-state index contributed by atoms with van der Waals surface area (Å²) in [5, 5.41) is 14.5. The maximum absolute atomic E-state index is 12.6. The summed E-state index contributed by atoms with van der Waals surface area (Å²) in [6, 6.07) is 14.1. The molecular formula is C23H24N4O5S. The molecule has 1 saturated heterocycles. The molecule has 0 spiro atoms. The van der Waals surface area contributed by atoms with Gasteiger partial charge in [-0.3, -0.25) is 14.9 Å². The lowest BCUT2D eigenvalue weighted by Crippen LogP contribution is -2.18. The molecule has 2 heterocycles. The Hall–Kier alpha value is -3.37. The summed E-state index contributed by atoms with van der Waals surface area (Å²) in [6.07, 6.45) is 3.99. The predicted octanol–water partition coefficient (Wildman–Crippen LogP) is 4.38. The number of methoxy groups -OCH3 is 1. The average Bonchev–Trinajstić information content (AvgIpc) is 3.49. The van der Waals surface area contributed by atoms with E-state index in [1.54, 1.807) is 0 Å². The normalized spacial score (nSPS) is 15.4. The van der Waals surface area contributed by atoms with Gasteiger partial charge in [-0.15, -0.1) is 0 Å². The van der Waals surface area contributed by atoms with E-state index in [9.17, 15) is 14.9 Å². The Balaban J connectivity index is 1.48. The van der Waals surface area contributed by atoms with E-state index in [1.807, 2.05) is 36.5 Å². The van der Waals surface area contributed by atoms with E-state index in [0.717, 1.165) is 35.9 Å². The van der Waals surface area contributed by atoms with E-state index in [4.69, 9.17) is 9.47 Å². The van der Waals surface area contributed by atoms with Crippen molar-refractivity contribution < 1.29 is 19.2 Å². The number of aromatic nitrogens is 2. The molecule has 3 aromatic rings. The minimum Gasteiger partial charge on any atom is -0.494 e. The molecule has 0 aliphatic carbocycles. The van der Waals surface area contributed by atoms with Gasteiger partial charge in [0.1, 0.15) is 5.75 Å². The first kappa shape index (κ1) is 22.8. The highest BCUT2D eigenvalue weighted by atomic mass is 32.2. The number of ether oxygens (including phenoxy) is 2. The van der Waals surface area contributed by atoms with Crippen LogP contribution in [0.25, 0.3) is 11.3 Å². The zero-order valence-electron chi connectivity index (χ0n) is 18.1. The maximum Gasteiger partial charge on any atom is 0.273 e. The maximum atomic E-state index is 12.6. The molecule has 1 N–H and O–H groups in total. The number of anilines is 1. The number of benzene rings is 2. The molecule has 1 aromatic heterocycles. The van der Waals surface area contributed by atoms with Crippen LogP contribution in [0.2, 0.25) is 0 Å². The van der Waals surface area contributed by atoms with Crippen LogP contribution in [0, 0.1) is 10.1 Å². The van der Waals surface area contributed by atoms with Crippen LogP contribution in [-0.2, 0) is 16.1 Å². The number of carbonyl (C=O) groups is 1. The smallest absolute Gasteiger partial charge is 0.273 e. The highest BCUT2D eigenvalue weighted by Gasteiger charge is 2.21. The van der Waals surface area contributed by atoms with Crippen molar-refractivity contribution >= 4 is 29.0 Å². The van der Waals surface area contributed by atoms with E-state index >= 15 is 0 Å². The van der Waals surface area contributed by atoms with Gasteiger partial charge in [0.2, 0.25) is 5.91 Å². The fourth-order valence-corrected chi connectivity index (χ4v) is 4.48. The van der Waals surface area contributed by atoms with Crippen molar-refractivity contribution in [3.8, 4) is 17.0 Å². The Kier molecular flexibility index (Phi) is 7.26. The van der Waals surface area contributed by atoms with Gasteiger partial charge in [-0.05, 0) is 24.5 Å². The first-order chi connectivity index (χ1) is 16.0. The quantitative estimate of drug-likeness (QED) is 0.282. The Labute approximate surface area is 195 Å². The van der Waals surface area contributed by atoms with E-state index in [-0.39, 0.29) is 29.2 Å². The van der Waals surface area contributed by atoms with E-state index < -0.39 is 4.92 Å². The van der Waals surface area contributed by atoms with Gasteiger partial charge >= 0.3 is 0 Å². The zero-order valence-corrected chi connectivity index (χ0v) is 18.9. The lowest BCUT2D eigenvalue weighted by Gasteiger charge is -2.16. The van der Waals surface area contributed by atoms with Crippen LogP contribution < -0.4 is 10.1 Å². The molecule has 0 bridgehead atoms. The molecule has 0 saturated carbocycles. The first-order valence-corrected chi connectivity index (χ1v) is 11.5. The third kappa shape index (κ3) is 5.52. The van der Waals surface area contributed by atoms with Crippen LogP contribution in [0.5, 0.6) is 5.75 Å². The summed E-state index contributed by atoms with van der Waals surface area (Å²) in [5.74, 6) is 0.0885. The van der Waals surface area contributed by atoms with Gasteiger partial charge in [0.25, 0.3) is 5.69 Å². The van der Waals surface area contributed by atoms with Gasteiger partial charge in [-0.2, -0.15) is 0 Å². The Morgan fingerprint density at radius 1 is 1.33 bits per heavy atom. The summed E-state index contributed by atoms with van der Waals surface area (Å²) < 4.78 is 13.1. The molecule has 1 atom stereocenters. The van der Waals surface area contributed by atoms with Gasteiger partial charge < -0.3 is 19.4 Å². The number of nitrogens with one attached hydrogen (secondary N) is 1. The lowest BCUT2D eigenvalue weighted by molar-refractivity contribution is -0.384. The highest BCUT2D eigenvalue weighted by Crippen LogP contribution is 2.31. The second-order valence-corrected chi connectivity index (χ2v) is 8.46. The Bertz CT molecular complexity index is 1130. The summed E-state index contributed by atoms with van der Waals surface area (Å²) in [6.45, 7) is 1.44. The minimum absolute atomic E-state index is 0.108. The van der Waals surface area contributed by atoms with Gasteiger partial charge in [-0.1, -0.05) is 42.1 Å². The molecule has 1 amide bonds. The second kappa shape index (κ2) is 10.5. The van der Waals surface area contributed by atoms with Crippen LogP contribution in [0.3, 0.4) is 0 Å². The Morgan fingerprint density at radius 2 is 2.15 bits per heavy atom. The van der Waals surface area contributed by atoms with Crippen LogP contribution in [0.1, 0.15) is 12.8 Å². The number of imidazole rings is 1. The fourth-order valence-electron chi connectivity index (χ4n) is 3.69. The standard InChI is InChI=1S/C23H24N4O5S/c1-31-21-12-17(27(29)30)9-10-19(21)25-22(28)15-33-23-24-13-20(16-6-3-2-4-7-16)26(23)14-18-8-5-11-32-18/h2-4,6-7,9-10,12-13,18H,5,8,11,14-15H2,1H3,(H,25,28). The molecule has 0 radical (unpaired) electrons. The second-order valence-electron chi connectivity index (χ2n) is 7.52. The molecular weight excluding hydrogens is 444 g/mol. The number of amides is 1. The number of non-ortho nitro benzene ring substituents is 1. The molecule has 1 aliphatic heterocycles. The van der Waals surface area contributed by atoms with Gasteiger partial charge in [-0.25, -0.2) is 4.98 Å². The summed E-state index contributed by atoms with van der Waals surface area (Å²) >= 11 is 1.33. The van der Waals surface area contributed by atoms with E-state index in [2.05, 4.69) is 14.9 Å². The molecule has 2 aromatic carbocycles. The number of hydrogen-bond donors (Lipinski definition) is 1. The van der Waals surface area contributed by atoms with Crippen molar-refractivity contribution in [3.05, 3.63) is 64.8 Å². The number of carbonyl (C=O) groups excluding carboxylic acids is 1. The van der Waals surface area contributed by atoms with Crippen molar-refractivity contribution in [3.63, 3.8) is 0 Å². The van der Waals surface area contributed by atoms with Crippen molar-refractivity contribution in [1.82, 2.24) is 9.55 Å². The number of nitrogens with zero attached hydrogens (tertiary/aromatic N) is 3. The number of thioether (sulfide) groups is 1. The third-order valence-electron chi connectivity index (χ3n) is 5.30. The summed E-state index contributed by atoms with van der Waals surface area (Å²) in [5.41, 5.74) is 2.30. The molecule has 9 nitrogen and oxygen atoms in total. The van der Waals surface area contributed by atoms with Gasteiger partial charge in [0.05, 0.1) is 54.1 Å². The lowest BCUT2D eigenvalue weighted by atomic mass is 10.1. The summed E-state index contributed by atoms with van der Waals surface area (Å²) in [7, 11) is 1.40. The van der Waals surface area contributed by atoms with E-state index in [0.29, 0.717) is 12.2 Å². The van der Waals surface area contributed by atoms with Crippen LogP contribution in [0.15, 0.2) is 59.9 Å². The Morgan fingerprint density at radius 3 is 2.85 bits per heavy atom. The van der Waals surface area contributed by atoms with Crippen molar-refractivity contribution in [2.24, 2.45) is 0 Å². The molecule has 4 rings (SSSR count). The molecule has 1 unspecified atom stereocenters. The summed E-state index contributed by atoms with van der Waals surface area (Å²) in [4.78, 5) is 27.6.